The number of rotatable bonds is 7. The number of carbonyl (C=O) groups excluding carboxylic acids is 1. The van der Waals surface area contributed by atoms with Crippen molar-refractivity contribution in [1.82, 2.24) is 4.90 Å². The van der Waals surface area contributed by atoms with Crippen LogP contribution in [0.15, 0.2) is 18.2 Å². The molecule has 106 valence electrons. The van der Waals surface area contributed by atoms with Gasteiger partial charge < -0.3 is 9.64 Å². The van der Waals surface area contributed by atoms with Gasteiger partial charge in [-0.3, -0.25) is 4.79 Å². The molecule has 0 unspecified atom stereocenters. The Bertz CT molecular complexity index is 426. The van der Waals surface area contributed by atoms with E-state index in [1.165, 1.54) is 19.2 Å². The zero-order chi connectivity index (χ0) is 14.3. The summed E-state index contributed by atoms with van der Waals surface area (Å²) in [6.07, 6.45) is 1.82. The Balaban J connectivity index is 3.01. The molecule has 0 spiro atoms. The second-order valence-electron chi connectivity index (χ2n) is 4.15. The van der Waals surface area contributed by atoms with E-state index in [1.807, 2.05) is 6.92 Å². The van der Waals surface area contributed by atoms with Crippen molar-refractivity contribution in [2.45, 2.75) is 19.8 Å². The van der Waals surface area contributed by atoms with Crippen molar-refractivity contribution >= 4 is 17.5 Å². The van der Waals surface area contributed by atoms with E-state index in [4.69, 9.17) is 16.3 Å². The molecule has 1 aromatic rings. The molecular formula is C14H19ClFNO2. The van der Waals surface area contributed by atoms with E-state index < -0.39 is 5.82 Å². The standard InChI is InChI=1S/C14H19ClFNO2/c1-3-4-9-17(10-8-15)14(18)13-11(16)6-5-7-12(13)19-2/h5-7H,3-4,8-10H2,1-2H3. The number of carbonyl (C=O) groups is 1. The maximum atomic E-state index is 13.8. The first kappa shape index (κ1) is 15.8. The van der Waals surface area contributed by atoms with Crippen LogP contribution >= 0.6 is 11.6 Å². The second-order valence-corrected chi connectivity index (χ2v) is 4.53. The number of unbranched alkanes of at least 4 members (excludes halogenated alkanes) is 1. The first-order chi connectivity index (χ1) is 9.15. The molecule has 3 nitrogen and oxygen atoms in total. The Kier molecular flexibility index (Phi) is 6.64. The number of halogens is 2. The van der Waals surface area contributed by atoms with Crippen molar-refractivity contribution in [2.24, 2.45) is 0 Å². The maximum Gasteiger partial charge on any atom is 0.260 e. The topological polar surface area (TPSA) is 29.5 Å². The van der Waals surface area contributed by atoms with Crippen LogP contribution in [-0.4, -0.2) is 36.9 Å². The van der Waals surface area contributed by atoms with Gasteiger partial charge in [0.05, 0.1) is 7.11 Å². The lowest BCUT2D eigenvalue weighted by Gasteiger charge is -2.22. The monoisotopic (exact) mass is 287 g/mol. The van der Waals surface area contributed by atoms with Crippen molar-refractivity contribution < 1.29 is 13.9 Å². The van der Waals surface area contributed by atoms with Gasteiger partial charge in [0, 0.05) is 19.0 Å². The van der Waals surface area contributed by atoms with Crippen LogP contribution in [0.1, 0.15) is 30.1 Å². The highest BCUT2D eigenvalue weighted by Crippen LogP contribution is 2.23. The number of hydrogen-bond donors (Lipinski definition) is 0. The summed E-state index contributed by atoms with van der Waals surface area (Å²) in [4.78, 5) is 14.0. The SMILES string of the molecule is CCCCN(CCCl)C(=O)c1c(F)cccc1OC. The zero-order valence-electron chi connectivity index (χ0n) is 11.3. The number of ether oxygens (including phenoxy) is 1. The van der Waals surface area contributed by atoms with Gasteiger partial charge in [-0.25, -0.2) is 4.39 Å². The van der Waals surface area contributed by atoms with Crippen LogP contribution < -0.4 is 4.74 Å². The van der Waals surface area contributed by atoms with Crippen molar-refractivity contribution in [3.8, 4) is 5.75 Å². The molecule has 1 amide bonds. The van der Waals surface area contributed by atoms with Gasteiger partial charge in [0.15, 0.2) is 0 Å². The number of methoxy groups -OCH3 is 1. The minimum Gasteiger partial charge on any atom is -0.496 e. The fraction of sp³-hybridized carbons (Fsp3) is 0.500. The molecule has 0 saturated carbocycles. The largest absolute Gasteiger partial charge is 0.496 e. The highest BCUT2D eigenvalue weighted by Gasteiger charge is 2.22. The molecule has 0 N–H and O–H groups in total. The molecule has 0 saturated heterocycles. The summed E-state index contributed by atoms with van der Waals surface area (Å²) in [5.41, 5.74) is -0.0220. The number of benzene rings is 1. The summed E-state index contributed by atoms with van der Waals surface area (Å²) in [5, 5.41) is 0. The Morgan fingerprint density at radius 2 is 2.16 bits per heavy atom. The summed E-state index contributed by atoms with van der Waals surface area (Å²) in [7, 11) is 1.42. The zero-order valence-corrected chi connectivity index (χ0v) is 12.0. The van der Waals surface area contributed by atoms with Crippen LogP contribution in [0.3, 0.4) is 0 Å². The minimum atomic E-state index is -0.569. The summed E-state index contributed by atoms with van der Waals surface area (Å²) in [5.74, 6) is -0.364. The van der Waals surface area contributed by atoms with Crippen LogP contribution in [0.2, 0.25) is 0 Å². The molecule has 0 bridgehead atoms. The molecule has 0 radical (unpaired) electrons. The van der Waals surface area contributed by atoms with E-state index in [2.05, 4.69) is 0 Å². The Hall–Kier alpha value is -1.29. The molecule has 0 aliphatic heterocycles. The molecule has 0 heterocycles. The van der Waals surface area contributed by atoms with E-state index in [1.54, 1.807) is 11.0 Å². The van der Waals surface area contributed by atoms with Crippen molar-refractivity contribution in [3.63, 3.8) is 0 Å². The van der Waals surface area contributed by atoms with Gasteiger partial charge in [0.25, 0.3) is 5.91 Å². The van der Waals surface area contributed by atoms with E-state index in [-0.39, 0.29) is 17.2 Å². The minimum absolute atomic E-state index is 0.0220. The van der Waals surface area contributed by atoms with Crippen LogP contribution in [0.4, 0.5) is 4.39 Å². The second kappa shape index (κ2) is 8.00. The fourth-order valence-corrected chi connectivity index (χ4v) is 2.01. The molecule has 1 rings (SSSR count). The Morgan fingerprint density at radius 1 is 1.42 bits per heavy atom. The van der Waals surface area contributed by atoms with Gasteiger partial charge in [-0.1, -0.05) is 19.4 Å². The van der Waals surface area contributed by atoms with Gasteiger partial charge in [0.1, 0.15) is 17.1 Å². The number of nitrogens with zero attached hydrogens (tertiary/aromatic N) is 1. The van der Waals surface area contributed by atoms with Crippen LogP contribution in [0.25, 0.3) is 0 Å². The summed E-state index contributed by atoms with van der Waals surface area (Å²) >= 11 is 5.70. The third-order valence-electron chi connectivity index (χ3n) is 2.83. The predicted molar refractivity (Wildman–Crippen MR) is 74.5 cm³/mol. The highest BCUT2D eigenvalue weighted by molar-refractivity contribution is 6.18. The Morgan fingerprint density at radius 3 is 2.74 bits per heavy atom. The van der Waals surface area contributed by atoms with Crippen molar-refractivity contribution in [2.75, 3.05) is 26.1 Å². The molecule has 19 heavy (non-hydrogen) atoms. The van der Waals surface area contributed by atoms with Crippen LogP contribution in [0.5, 0.6) is 5.75 Å². The van der Waals surface area contributed by atoms with Crippen molar-refractivity contribution in [3.05, 3.63) is 29.6 Å². The quantitative estimate of drug-likeness (QED) is 0.720. The Labute approximate surface area is 118 Å². The molecule has 0 fully saturated rings. The molecule has 5 heteroatoms. The average Bonchev–Trinajstić information content (AvgIpc) is 2.42. The lowest BCUT2D eigenvalue weighted by molar-refractivity contribution is 0.0755. The third-order valence-corrected chi connectivity index (χ3v) is 3.00. The van der Waals surface area contributed by atoms with E-state index in [0.717, 1.165) is 12.8 Å². The molecular weight excluding hydrogens is 269 g/mol. The number of amides is 1. The van der Waals surface area contributed by atoms with Crippen LogP contribution in [-0.2, 0) is 0 Å². The van der Waals surface area contributed by atoms with Gasteiger partial charge in [-0.2, -0.15) is 0 Å². The number of hydrogen-bond acceptors (Lipinski definition) is 2. The average molecular weight is 288 g/mol. The lowest BCUT2D eigenvalue weighted by atomic mass is 10.1. The van der Waals surface area contributed by atoms with Crippen LogP contribution in [0, 0.1) is 5.82 Å². The third kappa shape index (κ3) is 4.10. The maximum absolute atomic E-state index is 13.8. The molecule has 0 atom stereocenters. The first-order valence-corrected chi connectivity index (χ1v) is 6.86. The fourth-order valence-electron chi connectivity index (χ4n) is 1.81. The van der Waals surface area contributed by atoms with Gasteiger partial charge >= 0.3 is 0 Å². The number of alkyl halides is 1. The molecule has 0 aliphatic carbocycles. The van der Waals surface area contributed by atoms with Crippen molar-refractivity contribution in [1.29, 1.82) is 0 Å². The first-order valence-electron chi connectivity index (χ1n) is 6.33. The predicted octanol–water partition coefficient (Wildman–Crippen LogP) is 3.32. The summed E-state index contributed by atoms with van der Waals surface area (Å²) in [6, 6.07) is 4.35. The molecule has 0 aliphatic rings. The lowest BCUT2D eigenvalue weighted by Crippen LogP contribution is -2.34. The highest BCUT2D eigenvalue weighted by atomic mass is 35.5. The van der Waals surface area contributed by atoms with Gasteiger partial charge in [0.2, 0.25) is 0 Å². The summed E-state index contributed by atoms with van der Waals surface area (Å²) < 4.78 is 18.9. The van der Waals surface area contributed by atoms with Gasteiger partial charge in [-0.05, 0) is 18.6 Å². The molecule has 1 aromatic carbocycles. The smallest absolute Gasteiger partial charge is 0.260 e. The summed E-state index contributed by atoms with van der Waals surface area (Å²) in [6.45, 7) is 3.00. The van der Waals surface area contributed by atoms with E-state index >= 15 is 0 Å². The molecule has 0 aromatic heterocycles. The van der Waals surface area contributed by atoms with Gasteiger partial charge in [-0.15, -0.1) is 11.6 Å². The van der Waals surface area contributed by atoms with E-state index in [0.29, 0.717) is 19.0 Å². The van der Waals surface area contributed by atoms with E-state index in [9.17, 15) is 9.18 Å². The normalized spacial score (nSPS) is 10.3.